The highest BCUT2D eigenvalue weighted by Crippen LogP contribution is 2.30. The highest BCUT2D eigenvalue weighted by molar-refractivity contribution is 14.1. The van der Waals surface area contributed by atoms with E-state index in [-0.39, 0.29) is 18.2 Å². The molecule has 0 N–H and O–H groups in total. The molecule has 0 unspecified atom stereocenters. The van der Waals surface area contributed by atoms with Gasteiger partial charge in [-0.2, -0.15) is 0 Å². The van der Waals surface area contributed by atoms with Gasteiger partial charge in [0.05, 0.1) is 14.2 Å². The molecule has 144 valence electrons. The third-order valence-corrected chi connectivity index (χ3v) is 4.50. The minimum absolute atomic E-state index is 0.179. The third kappa shape index (κ3) is 4.69. The van der Waals surface area contributed by atoms with Gasteiger partial charge >= 0.3 is 11.9 Å². The summed E-state index contributed by atoms with van der Waals surface area (Å²) in [6.45, 7) is -0.233. The summed E-state index contributed by atoms with van der Waals surface area (Å²) in [5, 5.41) is 0. The molecule has 0 bridgehead atoms. The number of esters is 2. The first-order chi connectivity index (χ1) is 13.5. The second kappa shape index (κ2) is 8.87. The largest absolute Gasteiger partial charge is 0.493 e. The van der Waals surface area contributed by atoms with Gasteiger partial charge in [-0.05, 0) is 70.6 Å². The lowest BCUT2D eigenvalue weighted by molar-refractivity contribution is -0.143. The van der Waals surface area contributed by atoms with E-state index in [2.05, 4.69) is 32.3 Å². The number of ether oxygens (including phenoxy) is 4. The molecule has 0 radical (unpaired) electrons. The number of cyclic esters (lactones) is 1. The van der Waals surface area contributed by atoms with E-state index in [1.165, 1.54) is 14.2 Å². The maximum Gasteiger partial charge on any atom is 0.363 e. The first kappa shape index (κ1) is 19.9. The molecule has 0 aromatic heterocycles. The van der Waals surface area contributed by atoms with Crippen LogP contribution < -0.4 is 9.47 Å². The minimum Gasteiger partial charge on any atom is -0.493 e. The van der Waals surface area contributed by atoms with Crippen LogP contribution in [0.5, 0.6) is 11.5 Å². The molecule has 2 aromatic rings. The van der Waals surface area contributed by atoms with Crippen LogP contribution in [0.4, 0.5) is 0 Å². The van der Waals surface area contributed by atoms with Crippen LogP contribution in [0, 0.1) is 3.57 Å². The van der Waals surface area contributed by atoms with Gasteiger partial charge in [-0.15, -0.1) is 0 Å². The maximum absolute atomic E-state index is 12.1. The van der Waals surface area contributed by atoms with Crippen molar-refractivity contribution >= 4 is 46.5 Å². The van der Waals surface area contributed by atoms with E-state index >= 15 is 0 Å². The molecule has 0 saturated carbocycles. The van der Waals surface area contributed by atoms with Gasteiger partial charge in [0.25, 0.3) is 0 Å². The average molecular weight is 493 g/mol. The van der Waals surface area contributed by atoms with Crippen LogP contribution in [0.3, 0.4) is 0 Å². The second-order valence-electron chi connectivity index (χ2n) is 5.62. The van der Waals surface area contributed by atoms with E-state index in [1.807, 2.05) is 24.3 Å². The summed E-state index contributed by atoms with van der Waals surface area (Å²) in [5.41, 5.74) is 1.57. The zero-order chi connectivity index (χ0) is 20.1. The molecule has 2 aromatic carbocycles. The summed E-state index contributed by atoms with van der Waals surface area (Å²) in [5.74, 6) is 0.0224. The summed E-state index contributed by atoms with van der Waals surface area (Å²) >= 11 is 2.20. The number of halogens is 1. The van der Waals surface area contributed by atoms with Crippen molar-refractivity contribution in [2.45, 2.75) is 0 Å². The number of carbonyl (C=O) groups excluding carboxylic acids is 2. The van der Waals surface area contributed by atoms with Crippen LogP contribution in [0.15, 0.2) is 53.2 Å². The van der Waals surface area contributed by atoms with Gasteiger partial charge < -0.3 is 18.9 Å². The minimum atomic E-state index is -0.529. The van der Waals surface area contributed by atoms with Gasteiger partial charge in [-0.1, -0.05) is 6.07 Å². The lowest BCUT2D eigenvalue weighted by Gasteiger charge is -2.10. The zero-order valence-electron chi connectivity index (χ0n) is 15.1. The Morgan fingerprint density at radius 1 is 1.14 bits per heavy atom. The highest BCUT2D eigenvalue weighted by Gasteiger charge is 2.24. The summed E-state index contributed by atoms with van der Waals surface area (Å²) in [7, 11) is 2.76. The Kier molecular flexibility index (Phi) is 6.30. The Morgan fingerprint density at radius 3 is 2.57 bits per heavy atom. The molecule has 0 spiro atoms. The van der Waals surface area contributed by atoms with Crippen molar-refractivity contribution in [1.82, 2.24) is 0 Å². The van der Waals surface area contributed by atoms with Crippen molar-refractivity contribution in [3.63, 3.8) is 0 Å². The number of methoxy groups -OCH3 is 2. The molecule has 0 amide bonds. The summed E-state index contributed by atoms with van der Waals surface area (Å²) in [6, 6.07) is 12.5. The topological polar surface area (TPSA) is 83.4 Å². The lowest BCUT2D eigenvalue weighted by Crippen LogP contribution is -2.12. The summed E-state index contributed by atoms with van der Waals surface area (Å²) < 4.78 is 21.5. The van der Waals surface area contributed by atoms with Gasteiger partial charge in [-0.3, -0.25) is 0 Å². The van der Waals surface area contributed by atoms with E-state index in [0.717, 1.165) is 9.13 Å². The molecule has 1 aliphatic rings. The van der Waals surface area contributed by atoms with E-state index in [1.54, 1.807) is 24.3 Å². The molecule has 0 saturated heterocycles. The van der Waals surface area contributed by atoms with E-state index in [0.29, 0.717) is 17.1 Å². The van der Waals surface area contributed by atoms with Crippen molar-refractivity contribution in [3.05, 3.63) is 62.9 Å². The number of rotatable bonds is 6. The van der Waals surface area contributed by atoms with Crippen LogP contribution in [0.2, 0.25) is 0 Å². The Labute approximate surface area is 175 Å². The predicted octanol–water partition coefficient (Wildman–Crippen LogP) is 3.20. The molecule has 28 heavy (non-hydrogen) atoms. The SMILES string of the molecule is COC(=O)COc1ccc(/C=C2\N=C(c3ccc(I)cc3)OC2=O)cc1OC. The molecule has 0 aliphatic carbocycles. The molecule has 0 fully saturated rings. The Hall–Kier alpha value is -2.88. The number of nitrogens with zero attached hydrogens (tertiary/aromatic N) is 1. The van der Waals surface area contributed by atoms with Gasteiger partial charge in [0.1, 0.15) is 0 Å². The van der Waals surface area contributed by atoms with Crippen molar-refractivity contribution in [2.24, 2.45) is 4.99 Å². The first-order valence-electron chi connectivity index (χ1n) is 8.16. The zero-order valence-corrected chi connectivity index (χ0v) is 17.3. The third-order valence-electron chi connectivity index (χ3n) is 3.78. The van der Waals surface area contributed by atoms with Crippen LogP contribution in [-0.4, -0.2) is 38.7 Å². The Morgan fingerprint density at radius 2 is 1.89 bits per heavy atom. The average Bonchev–Trinajstić information content (AvgIpc) is 3.07. The lowest BCUT2D eigenvalue weighted by atomic mass is 10.1. The van der Waals surface area contributed by atoms with Gasteiger partial charge in [-0.25, -0.2) is 14.6 Å². The number of carbonyl (C=O) groups is 2. The van der Waals surface area contributed by atoms with Crippen LogP contribution in [-0.2, 0) is 19.1 Å². The molecular weight excluding hydrogens is 477 g/mol. The number of benzene rings is 2. The van der Waals surface area contributed by atoms with Crippen molar-refractivity contribution in [1.29, 1.82) is 0 Å². The van der Waals surface area contributed by atoms with E-state index in [9.17, 15) is 9.59 Å². The number of aliphatic imine (C=N–C) groups is 1. The monoisotopic (exact) mass is 493 g/mol. The molecule has 7 nitrogen and oxygen atoms in total. The van der Waals surface area contributed by atoms with Crippen LogP contribution >= 0.6 is 22.6 Å². The van der Waals surface area contributed by atoms with Crippen molar-refractivity contribution in [2.75, 3.05) is 20.8 Å². The van der Waals surface area contributed by atoms with Crippen molar-refractivity contribution in [3.8, 4) is 11.5 Å². The first-order valence-corrected chi connectivity index (χ1v) is 9.24. The molecule has 3 rings (SSSR count). The number of hydrogen-bond acceptors (Lipinski definition) is 7. The summed E-state index contributed by atoms with van der Waals surface area (Å²) in [4.78, 5) is 27.7. The standard InChI is InChI=1S/C20H16INO6/c1-25-17-10-12(3-8-16(17)27-11-18(23)26-2)9-15-20(24)28-19(22-15)13-4-6-14(21)7-5-13/h3-10H,11H2,1-2H3/b15-9-. The van der Waals surface area contributed by atoms with Gasteiger partial charge in [0.15, 0.2) is 23.8 Å². The fraction of sp³-hybridized carbons (Fsp3) is 0.150. The predicted molar refractivity (Wildman–Crippen MR) is 110 cm³/mol. The molecule has 0 atom stereocenters. The maximum atomic E-state index is 12.1. The van der Waals surface area contributed by atoms with Gasteiger partial charge in [0, 0.05) is 9.13 Å². The van der Waals surface area contributed by atoms with Crippen LogP contribution in [0.25, 0.3) is 6.08 Å². The quantitative estimate of drug-likeness (QED) is 0.349. The molecule has 1 aliphatic heterocycles. The second-order valence-corrected chi connectivity index (χ2v) is 6.86. The van der Waals surface area contributed by atoms with Crippen LogP contribution in [0.1, 0.15) is 11.1 Å². The molecule has 8 heteroatoms. The van der Waals surface area contributed by atoms with E-state index < -0.39 is 11.9 Å². The summed E-state index contributed by atoms with van der Waals surface area (Å²) in [6.07, 6.45) is 1.59. The molecule has 1 heterocycles. The Bertz CT molecular complexity index is 965. The fourth-order valence-corrected chi connectivity index (χ4v) is 2.73. The Balaban J connectivity index is 1.83. The van der Waals surface area contributed by atoms with Crippen molar-refractivity contribution < 1.29 is 28.5 Å². The fourth-order valence-electron chi connectivity index (χ4n) is 2.37. The van der Waals surface area contributed by atoms with E-state index in [4.69, 9.17) is 14.2 Å². The highest BCUT2D eigenvalue weighted by atomic mass is 127. The normalized spacial score (nSPS) is 14.5. The van der Waals surface area contributed by atoms with Gasteiger partial charge in [0.2, 0.25) is 5.90 Å². The number of hydrogen-bond donors (Lipinski definition) is 0. The molecular formula is C20H16INO6. The smallest absolute Gasteiger partial charge is 0.363 e.